The van der Waals surface area contributed by atoms with Crippen molar-refractivity contribution in [3.8, 4) is 11.6 Å². The van der Waals surface area contributed by atoms with Gasteiger partial charge in [-0.3, -0.25) is 0 Å². The van der Waals surface area contributed by atoms with E-state index in [1.165, 1.54) is 24.5 Å². The van der Waals surface area contributed by atoms with Crippen LogP contribution in [0.25, 0.3) is 0 Å². The SMILES string of the molecule is Fc1ccc(Oc2cc(Cl)ncn2)c(Cl)c1. The molecule has 1 heterocycles. The first-order valence-electron chi connectivity index (χ1n) is 4.25. The predicted octanol–water partition coefficient (Wildman–Crippen LogP) is 3.71. The summed E-state index contributed by atoms with van der Waals surface area (Å²) in [6.07, 6.45) is 1.26. The van der Waals surface area contributed by atoms with E-state index in [0.29, 0.717) is 5.75 Å². The fourth-order valence-electron chi connectivity index (χ4n) is 1.04. The number of hydrogen-bond donors (Lipinski definition) is 0. The smallest absolute Gasteiger partial charge is 0.223 e. The first-order valence-corrected chi connectivity index (χ1v) is 5.01. The highest BCUT2D eigenvalue weighted by molar-refractivity contribution is 6.32. The van der Waals surface area contributed by atoms with E-state index in [-0.39, 0.29) is 16.1 Å². The van der Waals surface area contributed by atoms with Crippen molar-refractivity contribution in [3.63, 3.8) is 0 Å². The van der Waals surface area contributed by atoms with E-state index in [2.05, 4.69) is 9.97 Å². The number of nitrogens with zero attached hydrogens (tertiary/aromatic N) is 2. The summed E-state index contributed by atoms with van der Waals surface area (Å²) >= 11 is 11.4. The molecule has 0 amide bonds. The van der Waals surface area contributed by atoms with E-state index in [9.17, 15) is 4.39 Å². The van der Waals surface area contributed by atoms with Crippen molar-refractivity contribution in [2.45, 2.75) is 0 Å². The van der Waals surface area contributed by atoms with Crippen LogP contribution in [0.15, 0.2) is 30.6 Å². The molecule has 1 aromatic carbocycles. The molecule has 0 fully saturated rings. The Morgan fingerprint density at radius 2 is 1.94 bits per heavy atom. The standard InChI is InChI=1S/C10H5Cl2FN2O/c11-7-3-6(13)1-2-8(7)16-10-4-9(12)14-5-15-10/h1-5H. The van der Waals surface area contributed by atoms with Gasteiger partial charge in [0.15, 0.2) is 0 Å². The molecular weight excluding hydrogens is 254 g/mol. The van der Waals surface area contributed by atoms with Gasteiger partial charge in [-0.1, -0.05) is 23.2 Å². The molecule has 0 atom stereocenters. The second-order valence-electron chi connectivity index (χ2n) is 2.86. The molecule has 2 aromatic rings. The molecule has 0 aliphatic rings. The van der Waals surface area contributed by atoms with Crippen LogP contribution in [0.1, 0.15) is 0 Å². The molecule has 0 spiro atoms. The van der Waals surface area contributed by atoms with Crippen molar-refractivity contribution in [3.05, 3.63) is 46.6 Å². The van der Waals surface area contributed by atoms with Crippen LogP contribution in [-0.4, -0.2) is 9.97 Å². The van der Waals surface area contributed by atoms with Crippen molar-refractivity contribution in [2.24, 2.45) is 0 Å². The molecule has 0 saturated carbocycles. The van der Waals surface area contributed by atoms with Gasteiger partial charge < -0.3 is 4.74 Å². The molecule has 0 bridgehead atoms. The van der Waals surface area contributed by atoms with Crippen molar-refractivity contribution in [1.82, 2.24) is 9.97 Å². The molecule has 1 aromatic heterocycles. The van der Waals surface area contributed by atoms with E-state index >= 15 is 0 Å². The minimum Gasteiger partial charge on any atom is -0.437 e. The van der Waals surface area contributed by atoms with E-state index in [1.54, 1.807) is 0 Å². The molecule has 0 saturated heterocycles. The van der Waals surface area contributed by atoms with Crippen molar-refractivity contribution >= 4 is 23.2 Å². The minimum atomic E-state index is -0.432. The van der Waals surface area contributed by atoms with E-state index in [4.69, 9.17) is 27.9 Å². The molecule has 82 valence electrons. The van der Waals surface area contributed by atoms with Gasteiger partial charge in [-0.25, -0.2) is 14.4 Å². The number of ether oxygens (including phenoxy) is 1. The Morgan fingerprint density at radius 3 is 2.62 bits per heavy atom. The number of benzene rings is 1. The Morgan fingerprint density at radius 1 is 1.12 bits per heavy atom. The van der Waals surface area contributed by atoms with Crippen molar-refractivity contribution < 1.29 is 9.13 Å². The highest BCUT2D eigenvalue weighted by Gasteiger charge is 2.05. The van der Waals surface area contributed by atoms with Crippen LogP contribution in [0.2, 0.25) is 10.2 Å². The summed E-state index contributed by atoms with van der Waals surface area (Å²) in [6.45, 7) is 0. The van der Waals surface area contributed by atoms with Gasteiger partial charge in [0, 0.05) is 6.07 Å². The molecule has 16 heavy (non-hydrogen) atoms. The van der Waals surface area contributed by atoms with Crippen LogP contribution in [0.4, 0.5) is 4.39 Å². The van der Waals surface area contributed by atoms with Gasteiger partial charge in [-0.2, -0.15) is 0 Å². The summed E-state index contributed by atoms with van der Waals surface area (Å²) in [5, 5.41) is 0.415. The predicted molar refractivity (Wildman–Crippen MR) is 58.5 cm³/mol. The van der Waals surface area contributed by atoms with E-state index < -0.39 is 5.82 Å². The van der Waals surface area contributed by atoms with Crippen LogP contribution < -0.4 is 4.74 Å². The maximum Gasteiger partial charge on any atom is 0.223 e. The quantitative estimate of drug-likeness (QED) is 0.771. The Kier molecular flexibility index (Phi) is 3.22. The number of halogens is 3. The van der Waals surface area contributed by atoms with Gasteiger partial charge in [0.2, 0.25) is 5.88 Å². The lowest BCUT2D eigenvalue weighted by molar-refractivity contribution is 0.460. The monoisotopic (exact) mass is 258 g/mol. The van der Waals surface area contributed by atoms with Crippen LogP contribution in [0.3, 0.4) is 0 Å². The van der Waals surface area contributed by atoms with Crippen LogP contribution in [0, 0.1) is 5.82 Å². The van der Waals surface area contributed by atoms with E-state index in [0.717, 1.165) is 6.07 Å². The van der Waals surface area contributed by atoms with Gasteiger partial charge in [0.1, 0.15) is 23.0 Å². The van der Waals surface area contributed by atoms with Gasteiger partial charge in [-0.15, -0.1) is 0 Å². The van der Waals surface area contributed by atoms with Crippen molar-refractivity contribution in [2.75, 3.05) is 0 Å². The highest BCUT2D eigenvalue weighted by atomic mass is 35.5. The second-order valence-corrected chi connectivity index (χ2v) is 3.65. The molecule has 0 radical (unpaired) electrons. The topological polar surface area (TPSA) is 35.0 Å². The Labute approximate surface area is 101 Å². The summed E-state index contributed by atoms with van der Waals surface area (Å²) < 4.78 is 18.1. The zero-order chi connectivity index (χ0) is 11.5. The van der Waals surface area contributed by atoms with Gasteiger partial charge >= 0.3 is 0 Å². The molecule has 2 rings (SSSR count). The molecule has 0 unspecified atom stereocenters. The molecule has 3 nitrogen and oxygen atoms in total. The Balaban J connectivity index is 2.27. The third kappa shape index (κ3) is 2.59. The minimum absolute atomic E-state index is 0.162. The van der Waals surface area contributed by atoms with Crippen LogP contribution in [-0.2, 0) is 0 Å². The zero-order valence-electron chi connectivity index (χ0n) is 7.82. The zero-order valence-corrected chi connectivity index (χ0v) is 9.34. The molecule has 0 aliphatic carbocycles. The van der Waals surface area contributed by atoms with Crippen LogP contribution >= 0.6 is 23.2 Å². The second kappa shape index (κ2) is 4.63. The average Bonchev–Trinajstić information content (AvgIpc) is 2.22. The Bertz CT molecular complexity index is 522. The number of aromatic nitrogens is 2. The largest absolute Gasteiger partial charge is 0.437 e. The first kappa shape index (κ1) is 11.1. The van der Waals surface area contributed by atoms with Crippen molar-refractivity contribution in [1.29, 1.82) is 0 Å². The fraction of sp³-hybridized carbons (Fsp3) is 0. The maximum absolute atomic E-state index is 12.8. The molecular formula is C10H5Cl2FN2O. The third-order valence-corrected chi connectivity index (χ3v) is 2.22. The lowest BCUT2D eigenvalue weighted by atomic mass is 10.3. The summed E-state index contributed by atoms with van der Waals surface area (Å²) in [4.78, 5) is 7.53. The molecule has 6 heteroatoms. The van der Waals surface area contributed by atoms with Gasteiger partial charge in [0.05, 0.1) is 5.02 Å². The Hall–Kier alpha value is -1.39. The van der Waals surface area contributed by atoms with Crippen LogP contribution in [0.5, 0.6) is 11.6 Å². The van der Waals surface area contributed by atoms with E-state index in [1.807, 2.05) is 0 Å². The summed E-state index contributed by atoms with van der Waals surface area (Å²) in [6, 6.07) is 5.23. The third-order valence-electron chi connectivity index (χ3n) is 1.72. The number of hydrogen-bond acceptors (Lipinski definition) is 3. The first-order chi connectivity index (χ1) is 7.65. The summed E-state index contributed by atoms with van der Waals surface area (Å²) in [5.41, 5.74) is 0. The normalized spacial score (nSPS) is 10.2. The highest BCUT2D eigenvalue weighted by Crippen LogP contribution is 2.29. The molecule has 0 aliphatic heterocycles. The number of rotatable bonds is 2. The van der Waals surface area contributed by atoms with Gasteiger partial charge in [0.25, 0.3) is 0 Å². The summed E-state index contributed by atoms with van der Waals surface area (Å²) in [5.74, 6) is 0.115. The fourth-order valence-corrected chi connectivity index (χ4v) is 1.39. The molecule has 0 N–H and O–H groups in total. The van der Waals surface area contributed by atoms with Gasteiger partial charge in [-0.05, 0) is 18.2 Å². The lowest BCUT2D eigenvalue weighted by Crippen LogP contribution is -1.90. The maximum atomic E-state index is 12.8. The average molecular weight is 259 g/mol. The summed E-state index contributed by atoms with van der Waals surface area (Å²) in [7, 11) is 0. The lowest BCUT2D eigenvalue weighted by Gasteiger charge is -2.05.